The van der Waals surface area contributed by atoms with Crippen molar-refractivity contribution < 1.29 is 19.2 Å². The lowest BCUT2D eigenvalue weighted by Gasteiger charge is -2.06. The average molecular weight is 266 g/mol. The Bertz CT molecular complexity index is 513. The molecule has 0 spiro atoms. The number of nitro groups is 1. The Hall–Kier alpha value is -2.44. The molecular formula is C12H14N2O5. The molecule has 0 aromatic heterocycles. The number of nitrogens with one attached hydrogen (secondary N) is 1. The maximum absolute atomic E-state index is 11.4. The first-order valence-corrected chi connectivity index (χ1v) is 5.62. The molecule has 0 atom stereocenters. The van der Waals surface area contributed by atoms with Crippen molar-refractivity contribution in [1.29, 1.82) is 0 Å². The molecule has 1 N–H and O–H groups in total. The Labute approximate surface area is 109 Å². The monoisotopic (exact) mass is 266 g/mol. The maximum atomic E-state index is 11.4. The molecule has 0 heterocycles. The Balaban J connectivity index is 2.99. The van der Waals surface area contributed by atoms with Crippen molar-refractivity contribution in [2.24, 2.45) is 0 Å². The fourth-order valence-corrected chi connectivity index (χ4v) is 1.45. The quantitative estimate of drug-likeness (QED) is 0.493. The highest BCUT2D eigenvalue weighted by atomic mass is 16.6. The minimum absolute atomic E-state index is 0.113. The number of benzene rings is 1. The van der Waals surface area contributed by atoms with Crippen molar-refractivity contribution >= 4 is 17.6 Å². The van der Waals surface area contributed by atoms with Crippen LogP contribution in [-0.2, 0) is 16.1 Å². The van der Waals surface area contributed by atoms with Crippen molar-refractivity contribution in [3.05, 3.63) is 39.4 Å². The smallest absolute Gasteiger partial charge is 0.344 e. The molecule has 19 heavy (non-hydrogen) atoms. The third-order valence-electron chi connectivity index (χ3n) is 2.47. The number of ether oxygens (including phenoxy) is 1. The van der Waals surface area contributed by atoms with E-state index in [-0.39, 0.29) is 23.7 Å². The molecule has 0 saturated carbocycles. The summed E-state index contributed by atoms with van der Waals surface area (Å²) in [6.07, 6.45) is 0.336. The van der Waals surface area contributed by atoms with Crippen LogP contribution in [-0.4, -0.2) is 23.9 Å². The van der Waals surface area contributed by atoms with Gasteiger partial charge in [-0.25, -0.2) is 4.79 Å². The predicted molar refractivity (Wildman–Crippen MR) is 66.6 cm³/mol. The summed E-state index contributed by atoms with van der Waals surface area (Å²) in [7, 11) is 1.15. The summed E-state index contributed by atoms with van der Waals surface area (Å²) in [5, 5.41) is 13.5. The third kappa shape index (κ3) is 3.77. The highest BCUT2D eigenvalue weighted by Gasteiger charge is 2.21. The van der Waals surface area contributed by atoms with Crippen LogP contribution in [0.1, 0.15) is 29.3 Å². The van der Waals surface area contributed by atoms with E-state index in [1.165, 1.54) is 18.2 Å². The second kappa shape index (κ2) is 6.48. The van der Waals surface area contributed by atoms with E-state index in [1.54, 1.807) is 6.92 Å². The van der Waals surface area contributed by atoms with Gasteiger partial charge in [-0.1, -0.05) is 13.0 Å². The molecule has 0 bridgehead atoms. The van der Waals surface area contributed by atoms with Crippen molar-refractivity contribution in [1.82, 2.24) is 5.32 Å². The molecule has 0 radical (unpaired) electrons. The van der Waals surface area contributed by atoms with Crippen LogP contribution in [0, 0.1) is 10.1 Å². The molecule has 0 unspecified atom stereocenters. The Morgan fingerprint density at radius 3 is 2.63 bits per heavy atom. The van der Waals surface area contributed by atoms with E-state index in [1.807, 2.05) is 0 Å². The molecule has 0 aliphatic carbocycles. The van der Waals surface area contributed by atoms with E-state index in [9.17, 15) is 19.7 Å². The summed E-state index contributed by atoms with van der Waals surface area (Å²) in [6, 6.07) is 4.11. The van der Waals surface area contributed by atoms with Crippen molar-refractivity contribution in [2.45, 2.75) is 19.9 Å². The van der Waals surface area contributed by atoms with Gasteiger partial charge in [0.15, 0.2) is 0 Å². The van der Waals surface area contributed by atoms with Gasteiger partial charge in [0.25, 0.3) is 5.69 Å². The highest BCUT2D eigenvalue weighted by molar-refractivity contribution is 5.93. The Morgan fingerprint density at radius 1 is 1.42 bits per heavy atom. The number of rotatable bonds is 5. The topological polar surface area (TPSA) is 98.5 Å². The summed E-state index contributed by atoms with van der Waals surface area (Å²) in [4.78, 5) is 32.7. The van der Waals surface area contributed by atoms with E-state index < -0.39 is 10.9 Å². The van der Waals surface area contributed by atoms with Crippen LogP contribution in [0.25, 0.3) is 0 Å². The first-order chi connectivity index (χ1) is 8.99. The van der Waals surface area contributed by atoms with Gasteiger partial charge in [0.1, 0.15) is 5.56 Å². The molecule has 0 aliphatic heterocycles. The summed E-state index contributed by atoms with van der Waals surface area (Å²) in [5.74, 6) is -0.921. The molecule has 0 fully saturated rings. The molecule has 0 aliphatic rings. The van der Waals surface area contributed by atoms with Gasteiger partial charge in [0.05, 0.1) is 12.0 Å². The standard InChI is InChI=1S/C12H14N2O5/c1-3-11(15)13-7-8-4-5-9(12(16)19-2)10(6-8)14(17)18/h4-6H,3,7H2,1-2H3,(H,13,15). The van der Waals surface area contributed by atoms with E-state index in [4.69, 9.17) is 0 Å². The van der Waals surface area contributed by atoms with Crippen LogP contribution in [0.3, 0.4) is 0 Å². The van der Waals surface area contributed by atoms with Gasteiger partial charge in [-0.3, -0.25) is 14.9 Å². The highest BCUT2D eigenvalue weighted by Crippen LogP contribution is 2.21. The minimum Gasteiger partial charge on any atom is -0.465 e. The average Bonchev–Trinajstić information content (AvgIpc) is 2.43. The fraction of sp³-hybridized carbons (Fsp3) is 0.333. The van der Waals surface area contributed by atoms with E-state index in [0.717, 1.165) is 7.11 Å². The molecule has 1 aromatic carbocycles. The van der Waals surface area contributed by atoms with Gasteiger partial charge < -0.3 is 10.1 Å². The number of nitro benzene ring substituents is 1. The van der Waals surface area contributed by atoms with Gasteiger partial charge in [0.2, 0.25) is 5.91 Å². The van der Waals surface area contributed by atoms with Crippen LogP contribution < -0.4 is 5.32 Å². The summed E-state index contributed by atoms with van der Waals surface area (Å²) in [6.45, 7) is 1.88. The van der Waals surface area contributed by atoms with E-state index in [0.29, 0.717) is 12.0 Å². The van der Waals surface area contributed by atoms with Crippen LogP contribution in [0.15, 0.2) is 18.2 Å². The SMILES string of the molecule is CCC(=O)NCc1ccc(C(=O)OC)c([N+](=O)[O-])c1. The van der Waals surface area contributed by atoms with Crippen molar-refractivity contribution in [2.75, 3.05) is 7.11 Å². The normalized spacial score (nSPS) is 9.79. The number of methoxy groups -OCH3 is 1. The largest absolute Gasteiger partial charge is 0.465 e. The Kier molecular flexibility index (Phi) is 4.99. The molecular weight excluding hydrogens is 252 g/mol. The Morgan fingerprint density at radius 2 is 2.11 bits per heavy atom. The molecule has 0 saturated heterocycles. The van der Waals surface area contributed by atoms with Crippen molar-refractivity contribution in [3.63, 3.8) is 0 Å². The van der Waals surface area contributed by atoms with Crippen LogP contribution in [0.2, 0.25) is 0 Å². The summed E-state index contributed by atoms with van der Waals surface area (Å²) in [5.41, 5.74) is 0.0920. The van der Waals surface area contributed by atoms with E-state index >= 15 is 0 Å². The molecule has 1 amide bonds. The first-order valence-electron chi connectivity index (χ1n) is 5.62. The van der Waals surface area contributed by atoms with E-state index in [2.05, 4.69) is 10.1 Å². The maximum Gasteiger partial charge on any atom is 0.344 e. The lowest BCUT2D eigenvalue weighted by Crippen LogP contribution is -2.21. The molecule has 102 valence electrons. The molecule has 7 heteroatoms. The third-order valence-corrected chi connectivity index (χ3v) is 2.47. The number of nitrogens with zero attached hydrogens (tertiary/aromatic N) is 1. The number of hydrogen-bond acceptors (Lipinski definition) is 5. The lowest BCUT2D eigenvalue weighted by molar-refractivity contribution is -0.385. The zero-order chi connectivity index (χ0) is 14.4. The molecule has 1 aromatic rings. The van der Waals surface area contributed by atoms with Gasteiger partial charge in [-0.2, -0.15) is 0 Å². The zero-order valence-electron chi connectivity index (χ0n) is 10.6. The number of esters is 1. The predicted octanol–water partition coefficient (Wildman–Crippen LogP) is 1.41. The fourth-order valence-electron chi connectivity index (χ4n) is 1.45. The minimum atomic E-state index is -0.768. The molecule has 7 nitrogen and oxygen atoms in total. The van der Waals surface area contributed by atoms with Crippen LogP contribution in [0.4, 0.5) is 5.69 Å². The van der Waals surface area contributed by atoms with Gasteiger partial charge in [0, 0.05) is 19.0 Å². The summed E-state index contributed by atoms with van der Waals surface area (Å²) >= 11 is 0. The second-order valence-corrected chi connectivity index (χ2v) is 3.73. The lowest BCUT2D eigenvalue weighted by atomic mass is 10.1. The second-order valence-electron chi connectivity index (χ2n) is 3.73. The van der Waals surface area contributed by atoms with Crippen molar-refractivity contribution in [3.8, 4) is 0 Å². The zero-order valence-corrected chi connectivity index (χ0v) is 10.6. The van der Waals surface area contributed by atoms with Crippen LogP contribution in [0.5, 0.6) is 0 Å². The van der Waals surface area contributed by atoms with Gasteiger partial charge in [-0.05, 0) is 11.6 Å². The van der Waals surface area contributed by atoms with Crippen LogP contribution >= 0.6 is 0 Å². The van der Waals surface area contributed by atoms with Gasteiger partial charge >= 0.3 is 5.97 Å². The molecule has 1 rings (SSSR count). The number of amides is 1. The number of carbonyl (C=O) groups excluding carboxylic acids is 2. The summed E-state index contributed by atoms with van der Waals surface area (Å²) < 4.78 is 4.47. The number of carbonyl (C=O) groups is 2. The van der Waals surface area contributed by atoms with Gasteiger partial charge in [-0.15, -0.1) is 0 Å². The number of hydrogen-bond donors (Lipinski definition) is 1. The first kappa shape index (κ1) is 14.6.